The predicted octanol–water partition coefficient (Wildman–Crippen LogP) is 3.81. The van der Waals surface area contributed by atoms with Crippen LogP contribution in [0.5, 0.6) is 5.75 Å². The number of pyridine rings is 1. The van der Waals surface area contributed by atoms with Crippen molar-refractivity contribution >= 4 is 17.0 Å². The molecule has 0 spiro atoms. The summed E-state index contributed by atoms with van der Waals surface area (Å²) in [7, 11) is 0. The fourth-order valence-corrected chi connectivity index (χ4v) is 2.87. The lowest BCUT2D eigenvalue weighted by Gasteiger charge is -2.15. The Labute approximate surface area is 153 Å². The first-order valence-electron chi connectivity index (χ1n) is 8.36. The topological polar surface area (TPSA) is 83.2 Å². The van der Waals surface area contributed by atoms with Gasteiger partial charge >= 0.3 is 6.18 Å². The summed E-state index contributed by atoms with van der Waals surface area (Å²) in [6, 6.07) is 6.28. The number of hydrogen-bond donors (Lipinski definition) is 3. The van der Waals surface area contributed by atoms with Crippen LogP contribution in [-0.4, -0.2) is 37.9 Å². The van der Waals surface area contributed by atoms with Crippen molar-refractivity contribution in [3.63, 3.8) is 0 Å². The van der Waals surface area contributed by atoms with E-state index in [1.54, 1.807) is 16.7 Å². The summed E-state index contributed by atoms with van der Waals surface area (Å²) in [5, 5.41) is 22.0. The van der Waals surface area contributed by atoms with Crippen LogP contribution in [0.2, 0.25) is 0 Å². The Kier molecular flexibility index (Phi) is 4.97. The molecule has 144 valence electrons. The van der Waals surface area contributed by atoms with Gasteiger partial charge < -0.3 is 20.1 Å². The Balaban J connectivity index is 2.14. The molecule has 27 heavy (non-hydrogen) atoms. The number of hydrogen-bond acceptors (Lipinski definition) is 5. The van der Waals surface area contributed by atoms with Crippen molar-refractivity contribution in [3.8, 4) is 17.1 Å². The molecule has 0 atom stereocenters. The number of imidazole rings is 1. The Bertz CT molecular complexity index is 967. The number of nitrogens with zero attached hydrogens (tertiary/aromatic N) is 3. The third-order valence-electron chi connectivity index (χ3n) is 4.05. The second-order valence-corrected chi connectivity index (χ2v) is 6.32. The first-order valence-corrected chi connectivity index (χ1v) is 8.36. The lowest BCUT2D eigenvalue weighted by Crippen LogP contribution is -2.07. The minimum Gasteiger partial charge on any atom is -0.507 e. The van der Waals surface area contributed by atoms with E-state index in [0.29, 0.717) is 35.4 Å². The maximum absolute atomic E-state index is 12.9. The molecule has 0 aliphatic rings. The number of aliphatic hydroxyl groups excluding tert-OH is 1. The Morgan fingerprint density at radius 3 is 2.48 bits per heavy atom. The molecule has 0 aliphatic heterocycles. The van der Waals surface area contributed by atoms with Gasteiger partial charge in [0.15, 0.2) is 5.65 Å². The molecule has 0 unspecified atom stereocenters. The second kappa shape index (κ2) is 7.07. The largest absolute Gasteiger partial charge is 0.507 e. The molecule has 0 saturated carbocycles. The molecule has 0 saturated heterocycles. The quantitative estimate of drug-likeness (QED) is 0.627. The summed E-state index contributed by atoms with van der Waals surface area (Å²) in [4.78, 5) is 8.81. The summed E-state index contributed by atoms with van der Waals surface area (Å²) in [6.45, 7) is 4.09. The maximum atomic E-state index is 12.9. The van der Waals surface area contributed by atoms with Crippen LogP contribution in [0.25, 0.3) is 22.6 Å². The van der Waals surface area contributed by atoms with Crippen LogP contribution < -0.4 is 5.32 Å². The standard InChI is InChI=1S/C18H19F3N4O2/c1-10(2)25-13-5-6-15(22-7-8-26)23-16(13)24-17(25)12-4-3-11(9-14(12)27)18(19,20)21/h3-6,9-10,26-27H,7-8H2,1-2H3,(H,22,23). The number of halogens is 3. The smallest absolute Gasteiger partial charge is 0.416 e. The molecule has 3 aromatic rings. The normalized spacial score (nSPS) is 12.1. The van der Waals surface area contributed by atoms with Crippen molar-refractivity contribution < 1.29 is 23.4 Å². The van der Waals surface area contributed by atoms with E-state index in [4.69, 9.17) is 5.11 Å². The van der Waals surface area contributed by atoms with Gasteiger partial charge in [-0.15, -0.1) is 0 Å². The van der Waals surface area contributed by atoms with Crippen LogP contribution >= 0.6 is 0 Å². The number of aromatic hydroxyl groups is 1. The first kappa shape index (κ1) is 19.0. The molecule has 0 amide bonds. The van der Waals surface area contributed by atoms with Crippen molar-refractivity contribution in [2.45, 2.75) is 26.1 Å². The van der Waals surface area contributed by atoms with E-state index >= 15 is 0 Å². The fraction of sp³-hybridized carbons (Fsp3) is 0.333. The zero-order chi connectivity index (χ0) is 19.8. The highest BCUT2D eigenvalue weighted by Gasteiger charge is 2.31. The van der Waals surface area contributed by atoms with E-state index < -0.39 is 17.5 Å². The van der Waals surface area contributed by atoms with E-state index in [0.717, 1.165) is 6.07 Å². The number of rotatable bonds is 5. The highest BCUT2D eigenvalue weighted by Crippen LogP contribution is 2.38. The molecule has 6 nitrogen and oxygen atoms in total. The number of phenolic OH excluding ortho intramolecular Hbond substituents is 1. The van der Waals surface area contributed by atoms with Crippen molar-refractivity contribution in [3.05, 3.63) is 35.9 Å². The molecule has 1 aromatic carbocycles. The lowest BCUT2D eigenvalue weighted by molar-refractivity contribution is -0.137. The van der Waals surface area contributed by atoms with Crippen molar-refractivity contribution in [1.82, 2.24) is 14.5 Å². The minimum atomic E-state index is -4.54. The third kappa shape index (κ3) is 3.68. The molecule has 0 radical (unpaired) electrons. The molecule has 0 bridgehead atoms. The number of aliphatic hydroxyl groups is 1. The van der Waals surface area contributed by atoms with Crippen LogP contribution in [0.15, 0.2) is 30.3 Å². The summed E-state index contributed by atoms with van der Waals surface area (Å²) in [5.74, 6) is 0.354. The number of aromatic nitrogens is 3. The molecule has 2 heterocycles. The Morgan fingerprint density at radius 2 is 1.89 bits per heavy atom. The van der Waals surface area contributed by atoms with Crippen molar-refractivity contribution in [2.75, 3.05) is 18.5 Å². The number of fused-ring (bicyclic) bond motifs is 1. The zero-order valence-electron chi connectivity index (χ0n) is 14.7. The minimum absolute atomic E-state index is 0.0508. The van der Waals surface area contributed by atoms with Crippen LogP contribution in [0, 0.1) is 0 Å². The second-order valence-electron chi connectivity index (χ2n) is 6.32. The van der Waals surface area contributed by atoms with Crippen molar-refractivity contribution in [1.29, 1.82) is 0 Å². The number of benzene rings is 1. The summed E-state index contributed by atoms with van der Waals surface area (Å²) >= 11 is 0. The first-order chi connectivity index (χ1) is 12.7. The summed E-state index contributed by atoms with van der Waals surface area (Å²) in [5.41, 5.74) is 0.346. The summed E-state index contributed by atoms with van der Waals surface area (Å²) < 4.78 is 40.4. The van der Waals surface area contributed by atoms with Gasteiger partial charge in [0, 0.05) is 12.6 Å². The Hall–Kier alpha value is -2.81. The van der Waals surface area contributed by atoms with Crippen LogP contribution in [-0.2, 0) is 6.18 Å². The van der Waals surface area contributed by atoms with Gasteiger partial charge in [0.05, 0.1) is 23.3 Å². The number of phenols is 1. The molecule has 0 fully saturated rings. The lowest BCUT2D eigenvalue weighted by atomic mass is 10.1. The molecule has 0 aliphatic carbocycles. The van der Waals surface area contributed by atoms with E-state index in [-0.39, 0.29) is 18.2 Å². The van der Waals surface area contributed by atoms with Crippen molar-refractivity contribution in [2.24, 2.45) is 0 Å². The number of alkyl halides is 3. The predicted molar refractivity (Wildman–Crippen MR) is 95.6 cm³/mol. The zero-order valence-corrected chi connectivity index (χ0v) is 14.7. The van der Waals surface area contributed by atoms with Gasteiger partial charge in [-0.3, -0.25) is 0 Å². The van der Waals surface area contributed by atoms with Gasteiger partial charge in [-0.1, -0.05) is 0 Å². The van der Waals surface area contributed by atoms with Crippen LogP contribution in [0.1, 0.15) is 25.5 Å². The Morgan fingerprint density at radius 1 is 1.15 bits per heavy atom. The maximum Gasteiger partial charge on any atom is 0.416 e. The van der Waals surface area contributed by atoms with Gasteiger partial charge in [0.2, 0.25) is 0 Å². The summed E-state index contributed by atoms with van der Waals surface area (Å²) in [6.07, 6.45) is -4.54. The average molecular weight is 380 g/mol. The van der Waals surface area contributed by atoms with Gasteiger partial charge in [0.25, 0.3) is 0 Å². The molecule has 2 aromatic heterocycles. The van der Waals surface area contributed by atoms with Crippen LogP contribution in [0.3, 0.4) is 0 Å². The van der Waals surface area contributed by atoms with Gasteiger partial charge in [-0.25, -0.2) is 9.97 Å². The number of nitrogens with one attached hydrogen (secondary N) is 1. The highest BCUT2D eigenvalue weighted by molar-refractivity contribution is 5.80. The van der Waals surface area contributed by atoms with Gasteiger partial charge in [-0.05, 0) is 44.2 Å². The number of anilines is 1. The van der Waals surface area contributed by atoms with E-state index in [9.17, 15) is 18.3 Å². The molecular formula is C18H19F3N4O2. The highest BCUT2D eigenvalue weighted by atomic mass is 19.4. The fourth-order valence-electron chi connectivity index (χ4n) is 2.87. The average Bonchev–Trinajstić information content (AvgIpc) is 2.97. The monoisotopic (exact) mass is 380 g/mol. The van der Waals surface area contributed by atoms with Crippen LogP contribution in [0.4, 0.5) is 19.0 Å². The molecular weight excluding hydrogens is 361 g/mol. The van der Waals surface area contributed by atoms with Gasteiger partial charge in [0.1, 0.15) is 17.4 Å². The molecule has 3 N–H and O–H groups in total. The van der Waals surface area contributed by atoms with E-state index in [2.05, 4.69) is 15.3 Å². The van der Waals surface area contributed by atoms with Gasteiger partial charge in [-0.2, -0.15) is 13.2 Å². The molecule has 9 heteroatoms. The van der Waals surface area contributed by atoms with E-state index in [1.807, 2.05) is 13.8 Å². The SMILES string of the molecule is CC(C)n1c(-c2ccc(C(F)(F)F)cc2O)nc2nc(NCCO)ccc21. The van der Waals surface area contributed by atoms with E-state index in [1.165, 1.54) is 6.07 Å². The molecule has 3 rings (SSSR count). The third-order valence-corrected chi connectivity index (χ3v) is 4.05.